The van der Waals surface area contributed by atoms with E-state index in [0.717, 1.165) is 39.1 Å². The fourth-order valence-corrected chi connectivity index (χ4v) is 2.06. The molecular weight excluding hydrogens is 234 g/mol. The van der Waals surface area contributed by atoms with Crippen molar-refractivity contribution in [3.05, 3.63) is 35.9 Å². The zero-order valence-electron chi connectivity index (χ0n) is 12.4. The molecule has 0 amide bonds. The minimum absolute atomic E-state index is 0.892. The van der Waals surface area contributed by atoms with E-state index in [0.29, 0.717) is 0 Å². The lowest BCUT2D eigenvalue weighted by molar-refractivity contribution is 0.128. The third-order valence-electron chi connectivity index (χ3n) is 3.17. The van der Waals surface area contributed by atoms with Crippen molar-refractivity contribution in [1.29, 1.82) is 0 Å². The van der Waals surface area contributed by atoms with Crippen molar-refractivity contribution in [2.45, 2.75) is 45.4 Å². The van der Waals surface area contributed by atoms with E-state index in [-0.39, 0.29) is 0 Å². The maximum atomic E-state index is 5.66. The van der Waals surface area contributed by atoms with Crippen LogP contribution in [0.3, 0.4) is 0 Å². The number of unbranched alkanes of at least 4 members (excludes halogenated alkanes) is 2. The Balaban J connectivity index is 1.79. The van der Waals surface area contributed by atoms with Crippen LogP contribution in [0.4, 0.5) is 0 Å². The third-order valence-corrected chi connectivity index (χ3v) is 3.17. The Morgan fingerprint density at radius 2 is 1.68 bits per heavy atom. The summed E-state index contributed by atoms with van der Waals surface area (Å²) in [7, 11) is 0. The molecule has 0 aliphatic carbocycles. The first-order valence-corrected chi connectivity index (χ1v) is 7.76. The molecule has 0 saturated heterocycles. The summed E-state index contributed by atoms with van der Waals surface area (Å²) in [4.78, 5) is 0. The van der Waals surface area contributed by atoms with Gasteiger partial charge in [0.2, 0.25) is 0 Å². The normalized spacial score (nSPS) is 10.8. The van der Waals surface area contributed by atoms with Crippen LogP contribution in [-0.4, -0.2) is 26.3 Å². The van der Waals surface area contributed by atoms with Gasteiger partial charge in [0.15, 0.2) is 0 Å². The van der Waals surface area contributed by atoms with E-state index in [9.17, 15) is 0 Å². The molecule has 1 rings (SSSR count). The fraction of sp³-hybridized carbons (Fsp3) is 0.647. The zero-order chi connectivity index (χ0) is 13.6. The van der Waals surface area contributed by atoms with Crippen LogP contribution in [0, 0.1) is 0 Å². The molecule has 1 N–H and O–H groups in total. The Morgan fingerprint density at radius 3 is 2.47 bits per heavy atom. The highest BCUT2D eigenvalue weighted by Crippen LogP contribution is 2.03. The molecule has 1 aromatic rings. The van der Waals surface area contributed by atoms with Crippen LogP contribution in [0.25, 0.3) is 0 Å². The first kappa shape index (κ1) is 16.2. The van der Waals surface area contributed by atoms with Gasteiger partial charge in [0.25, 0.3) is 0 Å². The van der Waals surface area contributed by atoms with Gasteiger partial charge in [-0.15, -0.1) is 0 Å². The monoisotopic (exact) mass is 263 g/mol. The van der Waals surface area contributed by atoms with Gasteiger partial charge in [-0.25, -0.2) is 0 Å². The van der Waals surface area contributed by atoms with Gasteiger partial charge in [-0.3, -0.25) is 0 Å². The molecule has 0 bridgehead atoms. The molecule has 0 heterocycles. The molecule has 0 radical (unpaired) electrons. The molecule has 108 valence electrons. The summed E-state index contributed by atoms with van der Waals surface area (Å²) in [6.45, 7) is 6.32. The van der Waals surface area contributed by atoms with Gasteiger partial charge in [0.1, 0.15) is 0 Å². The van der Waals surface area contributed by atoms with E-state index < -0.39 is 0 Å². The number of hydrogen-bond acceptors (Lipinski definition) is 2. The Labute approximate surface area is 118 Å². The van der Waals surface area contributed by atoms with Gasteiger partial charge in [0.05, 0.1) is 0 Å². The number of nitrogens with one attached hydrogen (secondary N) is 1. The molecule has 1 aromatic carbocycles. The van der Waals surface area contributed by atoms with Gasteiger partial charge in [-0.2, -0.15) is 0 Å². The predicted molar refractivity (Wildman–Crippen MR) is 82.6 cm³/mol. The first-order valence-electron chi connectivity index (χ1n) is 7.76. The SMILES string of the molecule is CCCNCCCCCOCCCc1ccccc1. The molecule has 2 nitrogen and oxygen atoms in total. The van der Waals surface area contributed by atoms with Crippen LogP contribution in [0.2, 0.25) is 0 Å². The third kappa shape index (κ3) is 9.69. The van der Waals surface area contributed by atoms with E-state index in [4.69, 9.17) is 4.74 Å². The highest BCUT2D eigenvalue weighted by Gasteiger charge is 1.93. The van der Waals surface area contributed by atoms with Crippen molar-refractivity contribution in [2.24, 2.45) is 0 Å². The lowest BCUT2D eigenvalue weighted by Gasteiger charge is -2.05. The molecule has 0 spiro atoms. The van der Waals surface area contributed by atoms with Crippen molar-refractivity contribution < 1.29 is 4.74 Å². The first-order chi connectivity index (χ1) is 9.43. The summed E-state index contributed by atoms with van der Waals surface area (Å²) in [5.74, 6) is 0. The molecule has 19 heavy (non-hydrogen) atoms. The second-order valence-corrected chi connectivity index (χ2v) is 5.01. The van der Waals surface area contributed by atoms with Crippen LogP contribution in [0.15, 0.2) is 30.3 Å². The molecule has 0 unspecified atom stereocenters. The second-order valence-electron chi connectivity index (χ2n) is 5.01. The molecular formula is C17H29NO. The summed E-state index contributed by atoms with van der Waals surface area (Å²) < 4.78 is 5.66. The Bertz CT molecular complexity index is 287. The number of rotatable bonds is 12. The fourth-order valence-electron chi connectivity index (χ4n) is 2.06. The topological polar surface area (TPSA) is 21.3 Å². The van der Waals surface area contributed by atoms with E-state index in [1.54, 1.807) is 0 Å². The van der Waals surface area contributed by atoms with Gasteiger partial charge >= 0.3 is 0 Å². The van der Waals surface area contributed by atoms with Crippen LogP contribution in [-0.2, 0) is 11.2 Å². The van der Waals surface area contributed by atoms with E-state index >= 15 is 0 Å². The minimum atomic E-state index is 0.892. The number of hydrogen-bond donors (Lipinski definition) is 1. The van der Waals surface area contributed by atoms with Crippen molar-refractivity contribution >= 4 is 0 Å². The summed E-state index contributed by atoms with van der Waals surface area (Å²) >= 11 is 0. The van der Waals surface area contributed by atoms with E-state index in [1.807, 2.05) is 0 Å². The van der Waals surface area contributed by atoms with Crippen LogP contribution in [0.5, 0.6) is 0 Å². The lowest BCUT2D eigenvalue weighted by atomic mass is 10.1. The highest BCUT2D eigenvalue weighted by atomic mass is 16.5. The summed E-state index contributed by atoms with van der Waals surface area (Å²) in [6, 6.07) is 10.6. The van der Waals surface area contributed by atoms with Gasteiger partial charge in [-0.1, -0.05) is 37.3 Å². The van der Waals surface area contributed by atoms with Crippen LogP contribution < -0.4 is 5.32 Å². The number of aryl methyl sites for hydroxylation is 1. The predicted octanol–water partition coefficient (Wildman–Crippen LogP) is 3.81. The highest BCUT2D eigenvalue weighted by molar-refractivity contribution is 5.14. The van der Waals surface area contributed by atoms with Crippen LogP contribution >= 0.6 is 0 Å². The van der Waals surface area contributed by atoms with Crippen molar-refractivity contribution in [2.75, 3.05) is 26.3 Å². The summed E-state index contributed by atoms with van der Waals surface area (Å²) in [5, 5.41) is 3.42. The minimum Gasteiger partial charge on any atom is -0.381 e. The summed E-state index contributed by atoms with van der Waals surface area (Å²) in [6.07, 6.45) is 7.22. The van der Waals surface area contributed by atoms with Gasteiger partial charge in [-0.05, 0) is 57.2 Å². The molecule has 0 fully saturated rings. The standard InChI is InChI=1S/C17H29NO/c1-2-13-18-14-7-4-8-15-19-16-9-12-17-10-5-3-6-11-17/h3,5-6,10-11,18H,2,4,7-9,12-16H2,1H3. The van der Waals surface area contributed by atoms with Crippen LogP contribution in [0.1, 0.15) is 44.6 Å². The van der Waals surface area contributed by atoms with Crippen molar-refractivity contribution in [1.82, 2.24) is 5.32 Å². The number of benzene rings is 1. The quantitative estimate of drug-likeness (QED) is 0.579. The Kier molecular flexibility index (Phi) is 10.4. The molecule has 0 atom stereocenters. The van der Waals surface area contributed by atoms with Crippen molar-refractivity contribution in [3.63, 3.8) is 0 Å². The molecule has 2 heteroatoms. The molecule has 0 aliphatic rings. The zero-order valence-corrected chi connectivity index (χ0v) is 12.4. The van der Waals surface area contributed by atoms with Gasteiger partial charge in [0, 0.05) is 13.2 Å². The average molecular weight is 263 g/mol. The Hall–Kier alpha value is -0.860. The summed E-state index contributed by atoms with van der Waals surface area (Å²) in [5.41, 5.74) is 1.41. The average Bonchev–Trinajstić information content (AvgIpc) is 2.46. The maximum Gasteiger partial charge on any atom is 0.0469 e. The lowest BCUT2D eigenvalue weighted by Crippen LogP contribution is -2.15. The molecule has 0 saturated carbocycles. The van der Waals surface area contributed by atoms with E-state index in [2.05, 4.69) is 42.6 Å². The van der Waals surface area contributed by atoms with Gasteiger partial charge < -0.3 is 10.1 Å². The van der Waals surface area contributed by atoms with Crippen molar-refractivity contribution in [3.8, 4) is 0 Å². The number of ether oxygens (including phenoxy) is 1. The second kappa shape index (κ2) is 12.2. The molecule has 0 aliphatic heterocycles. The Morgan fingerprint density at radius 1 is 0.895 bits per heavy atom. The largest absolute Gasteiger partial charge is 0.381 e. The van der Waals surface area contributed by atoms with E-state index in [1.165, 1.54) is 31.2 Å². The maximum absolute atomic E-state index is 5.66. The smallest absolute Gasteiger partial charge is 0.0469 e. The molecule has 0 aromatic heterocycles.